The molecule has 0 aliphatic rings. The van der Waals surface area contributed by atoms with Crippen LogP contribution in [0.1, 0.15) is 91.9 Å². The van der Waals surface area contributed by atoms with Gasteiger partial charge in [0.2, 0.25) is 0 Å². The first-order chi connectivity index (χ1) is 11.2. The molecule has 0 heterocycles. The standard InChI is InChI=1S/C18H40O4Si/c1-5-9-11-13-17-21-23(19-15-7-3,20-16-8-4)22-18-14-12-10-6-2/h5-18H2,1-4H3. The molecule has 0 aliphatic heterocycles. The molecule has 0 spiro atoms. The molecule has 140 valence electrons. The predicted octanol–water partition coefficient (Wildman–Crippen LogP) is 5.47. The molecule has 0 amide bonds. The van der Waals surface area contributed by atoms with Crippen LogP contribution in [0, 0.1) is 0 Å². The highest BCUT2D eigenvalue weighted by Gasteiger charge is 2.45. The zero-order chi connectivity index (χ0) is 17.2. The van der Waals surface area contributed by atoms with Gasteiger partial charge in [-0.3, -0.25) is 0 Å². The van der Waals surface area contributed by atoms with E-state index in [1.54, 1.807) is 0 Å². The Bertz CT molecular complexity index is 215. The molecule has 0 unspecified atom stereocenters. The summed E-state index contributed by atoms with van der Waals surface area (Å²) in [7, 11) is -2.96. The fourth-order valence-corrected chi connectivity index (χ4v) is 4.35. The van der Waals surface area contributed by atoms with Crippen LogP contribution in [0.25, 0.3) is 0 Å². The topological polar surface area (TPSA) is 36.9 Å². The third-order valence-electron chi connectivity index (χ3n) is 3.52. The van der Waals surface area contributed by atoms with Crippen LogP contribution in [0.5, 0.6) is 0 Å². The van der Waals surface area contributed by atoms with Crippen molar-refractivity contribution in [1.29, 1.82) is 0 Å². The minimum atomic E-state index is -2.96. The summed E-state index contributed by atoms with van der Waals surface area (Å²) in [6, 6.07) is 0. The summed E-state index contributed by atoms with van der Waals surface area (Å²) in [6.07, 6.45) is 11.3. The van der Waals surface area contributed by atoms with E-state index in [1.807, 2.05) is 0 Å². The molecule has 0 aromatic rings. The van der Waals surface area contributed by atoms with Crippen LogP contribution in [0.15, 0.2) is 0 Å². The monoisotopic (exact) mass is 348 g/mol. The minimum Gasteiger partial charge on any atom is -0.351 e. The van der Waals surface area contributed by atoms with E-state index in [9.17, 15) is 0 Å². The van der Waals surface area contributed by atoms with Gasteiger partial charge in [0, 0.05) is 26.4 Å². The highest BCUT2D eigenvalue weighted by molar-refractivity contribution is 6.53. The Morgan fingerprint density at radius 3 is 1.17 bits per heavy atom. The summed E-state index contributed by atoms with van der Waals surface area (Å²) in [6.45, 7) is 11.3. The van der Waals surface area contributed by atoms with Gasteiger partial charge < -0.3 is 17.7 Å². The van der Waals surface area contributed by atoms with Crippen LogP contribution in [-0.4, -0.2) is 35.5 Å². The van der Waals surface area contributed by atoms with Crippen LogP contribution >= 0.6 is 0 Å². The van der Waals surface area contributed by atoms with Crippen molar-refractivity contribution in [3.05, 3.63) is 0 Å². The number of hydrogen-bond donors (Lipinski definition) is 0. The Labute approximate surface area is 145 Å². The lowest BCUT2D eigenvalue weighted by molar-refractivity contribution is -0.0361. The second kappa shape index (κ2) is 16.9. The molecule has 0 aromatic carbocycles. The van der Waals surface area contributed by atoms with Crippen molar-refractivity contribution in [3.8, 4) is 0 Å². The van der Waals surface area contributed by atoms with Crippen molar-refractivity contribution in [1.82, 2.24) is 0 Å². The van der Waals surface area contributed by atoms with Gasteiger partial charge in [-0.25, -0.2) is 0 Å². The Morgan fingerprint density at radius 1 is 0.435 bits per heavy atom. The van der Waals surface area contributed by atoms with Crippen LogP contribution in [0.3, 0.4) is 0 Å². The number of hydrogen-bond acceptors (Lipinski definition) is 4. The summed E-state index contributed by atoms with van der Waals surface area (Å²) in [5.74, 6) is 0. The third kappa shape index (κ3) is 13.1. The van der Waals surface area contributed by atoms with E-state index < -0.39 is 9.05 Å². The Balaban J connectivity index is 4.40. The van der Waals surface area contributed by atoms with Gasteiger partial charge in [0.1, 0.15) is 0 Å². The molecule has 0 N–H and O–H groups in total. The van der Waals surface area contributed by atoms with Crippen LogP contribution in [0.4, 0.5) is 0 Å². The molecule has 0 fully saturated rings. The summed E-state index contributed by atoms with van der Waals surface area (Å²) < 4.78 is 24.1. The molecule has 0 aliphatic carbocycles. The average Bonchev–Trinajstić information content (AvgIpc) is 2.57. The van der Waals surface area contributed by atoms with Crippen LogP contribution in [-0.2, 0) is 17.7 Å². The third-order valence-corrected chi connectivity index (χ3v) is 5.75. The second-order valence-corrected chi connectivity index (χ2v) is 8.17. The van der Waals surface area contributed by atoms with Crippen molar-refractivity contribution in [2.24, 2.45) is 0 Å². The minimum absolute atomic E-state index is 0.639. The van der Waals surface area contributed by atoms with E-state index in [0.29, 0.717) is 26.4 Å². The highest BCUT2D eigenvalue weighted by Crippen LogP contribution is 2.16. The van der Waals surface area contributed by atoms with Gasteiger partial charge in [0.25, 0.3) is 0 Å². The number of rotatable bonds is 18. The van der Waals surface area contributed by atoms with Gasteiger partial charge in [0.05, 0.1) is 0 Å². The summed E-state index contributed by atoms with van der Waals surface area (Å²) in [5.41, 5.74) is 0. The summed E-state index contributed by atoms with van der Waals surface area (Å²) in [4.78, 5) is 0. The first kappa shape index (κ1) is 23.1. The Hall–Kier alpha value is 0.0569. The van der Waals surface area contributed by atoms with E-state index in [2.05, 4.69) is 27.7 Å². The fraction of sp³-hybridized carbons (Fsp3) is 1.00. The lowest BCUT2D eigenvalue weighted by Crippen LogP contribution is -2.50. The van der Waals surface area contributed by atoms with Gasteiger partial charge in [0.15, 0.2) is 0 Å². The number of unbranched alkanes of at least 4 members (excludes halogenated alkanes) is 6. The van der Waals surface area contributed by atoms with E-state index in [0.717, 1.165) is 25.7 Å². The zero-order valence-electron chi connectivity index (χ0n) is 16.0. The van der Waals surface area contributed by atoms with Crippen molar-refractivity contribution in [3.63, 3.8) is 0 Å². The summed E-state index contributed by atoms with van der Waals surface area (Å²) in [5, 5.41) is 0. The van der Waals surface area contributed by atoms with Crippen molar-refractivity contribution in [2.75, 3.05) is 26.4 Å². The molecular formula is C18H40O4Si. The molecule has 0 saturated carbocycles. The van der Waals surface area contributed by atoms with Crippen molar-refractivity contribution >= 4 is 9.05 Å². The van der Waals surface area contributed by atoms with Gasteiger partial charge in [-0.2, -0.15) is 0 Å². The molecule has 23 heavy (non-hydrogen) atoms. The summed E-state index contributed by atoms with van der Waals surface area (Å²) >= 11 is 0. The molecule has 4 nitrogen and oxygen atoms in total. The molecular weight excluding hydrogens is 308 g/mol. The zero-order valence-corrected chi connectivity index (χ0v) is 17.0. The molecule has 0 atom stereocenters. The van der Waals surface area contributed by atoms with E-state index >= 15 is 0 Å². The fourth-order valence-electron chi connectivity index (χ4n) is 2.16. The first-order valence-electron chi connectivity index (χ1n) is 9.80. The molecule has 5 heteroatoms. The van der Waals surface area contributed by atoms with Crippen LogP contribution in [0.2, 0.25) is 0 Å². The van der Waals surface area contributed by atoms with Crippen molar-refractivity contribution < 1.29 is 17.7 Å². The van der Waals surface area contributed by atoms with E-state index in [1.165, 1.54) is 38.5 Å². The SMILES string of the molecule is CCCCCCO[Si](OCCC)(OCCC)OCCCCCC. The van der Waals surface area contributed by atoms with Gasteiger partial charge in [-0.1, -0.05) is 66.2 Å². The smallest absolute Gasteiger partial charge is 0.351 e. The largest absolute Gasteiger partial charge is 0.679 e. The maximum absolute atomic E-state index is 6.06. The quantitative estimate of drug-likeness (QED) is 0.243. The Kier molecular flexibility index (Phi) is 16.9. The first-order valence-corrected chi connectivity index (χ1v) is 11.4. The van der Waals surface area contributed by atoms with Crippen LogP contribution < -0.4 is 0 Å². The maximum Gasteiger partial charge on any atom is 0.679 e. The van der Waals surface area contributed by atoms with Gasteiger partial charge >= 0.3 is 9.05 Å². The van der Waals surface area contributed by atoms with Gasteiger partial charge in [-0.15, -0.1) is 0 Å². The predicted molar refractivity (Wildman–Crippen MR) is 98.4 cm³/mol. The highest BCUT2D eigenvalue weighted by atomic mass is 28.4. The van der Waals surface area contributed by atoms with Crippen molar-refractivity contribution in [2.45, 2.75) is 91.9 Å². The molecule has 0 bridgehead atoms. The van der Waals surface area contributed by atoms with E-state index in [-0.39, 0.29) is 0 Å². The van der Waals surface area contributed by atoms with E-state index in [4.69, 9.17) is 17.7 Å². The van der Waals surface area contributed by atoms with Gasteiger partial charge in [-0.05, 0) is 25.7 Å². The maximum atomic E-state index is 6.06. The second-order valence-electron chi connectivity index (χ2n) is 6.02. The lowest BCUT2D eigenvalue weighted by atomic mass is 10.2. The molecule has 0 rings (SSSR count). The Morgan fingerprint density at radius 2 is 0.826 bits per heavy atom. The lowest BCUT2D eigenvalue weighted by Gasteiger charge is -2.28. The molecule has 0 aromatic heterocycles. The molecule has 0 radical (unpaired) electrons. The normalized spacial score (nSPS) is 12.0. The molecule has 0 saturated heterocycles. The average molecular weight is 349 g/mol.